The first kappa shape index (κ1) is 13.0. The first-order valence-corrected chi connectivity index (χ1v) is 7.80. The van der Waals surface area contributed by atoms with E-state index in [0.717, 1.165) is 18.7 Å². The Morgan fingerprint density at radius 3 is 2.58 bits per heavy atom. The lowest BCUT2D eigenvalue weighted by atomic mass is 9.99. The van der Waals surface area contributed by atoms with Crippen LogP contribution in [0.3, 0.4) is 0 Å². The standard InChI is InChI=1S/C15H19NO2S/c17-14(18-11-13-4-2-1-3-5-13)10-16-8-6-15(7-9-16)12-19-15/h1-5H,6-12H2. The summed E-state index contributed by atoms with van der Waals surface area (Å²) in [6.45, 7) is 2.89. The summed E-state index contributed by atoms with van der Waals surface area (Å²) in [6.07, 6.45) is 2.45. The van der Waals surface area contributed by atoms with E-state index in [1.807, 2.05) is 30.3 Å². The fourth-order valence-electron chi connectivity index (χ4n) is 2.48. The van der Waals surface area contributed by atoms with E-state index in [2.05, 4.69) is 16.7 Å². The van der Waals surface area contributed by atoms with Crippen LogP contribution in [0.15, 0.2) is 30.3 Å². The summed E-state index contributed by atoms with van der Waals surface area (Å²) < 4.78 is 5.90. The van der Waals surface area contributed by atoms with Crippen LogP contribution in [0.25, 0.3) is 0 Å². The maximum Gasteiger partial charge on any atom is 0.320 e. The maximum atomic E-state index is 11.8. The molecule has 2 aliphatic heterocycles. The Morgan fingerprint density at radius 2 is 1.95 bits per heavy atom. The minimum absolute atomic E-state index is 0.108. The van der Waals surface area contributed by atoms with E-state index < -0.39 is 0 Å². The van der Waals surface area contributed by atoms with E-state index in [9.17, 15) is 4.79 Å². The van der Waals surface area contributed by atoms with Crippen molar-refractivity contribution in [2.75, 3.05) is 25.4 Å². The molecule has 0 aliphatic carbocycles. The summed E-state index contributed by atoms with van der Waals surface area (Å²) in [5, 5.41) is 0. The van der Waals surface area contributed by atoms with Gasteiger partial charge in [-0.25, -0.2) is 0 Å². The SMILES string of the molecule is O=C(CN1CCC2(CC1)CS2)OCc1ccccc1. The van der Waals surface area contributed by atoms with Crippen molar-refractivity contribution in [3.63, 3.8) is 0 Å². The molecule has 0 radical (unpaired) electrons. The van der Waals surface area contributed by atoms with Crippen LogP contribution >= 0.6 is 11.8 Å². The molecule has 1 aromatic carbocycles. The number of esters is 1. The zero-order valence-electron chi connectivity index (χ0n) is 11.0. The summed E-state index contributed by atoms with van der Waals surface area (Å²) in [5.74, 6) is 1.21. The smallest absolute Gasteiger partial charge is 0.320 e. The number of piperidine rings is 1. The molecule has 3 nitrogen and oxygen atoms in total. The molecular formula is C15H19NO2S. The van der Waals surface area contributed by atoms with Gasteiger partial charge in [-0.15, -0.1) is 0 Å². The van der Waals surface area contributed by atoms with E-state index in [4.69, 9.17) is 4.74 Å². The Labute approximate surface area is 118 Å². The van der Waals surface area contributed by atoms with Crippen LogP contribution in [0.5, 0.6) is 0 Å². The minimum Gasteiger partial charge on any atom is -0.460 e. The molecule has 102 valence electrons. The second-order valence-corrected chi connectivity index (χ2v) is 6.84. The number of hydrogen-bond acceptors (Lipinski definition) is 4. The van der Waals surface area contributed by atoms with Crippen molar-refractivity contribution in [1.82, 2.24) is 4.90 Å². The van der Waals surface area contributed by atoms with Crippen molar-refractivity contribution in [2.45, 2.75) is 24.2 Å². The zero-order chi connectivity index (χ0) is 13.1. The highest BCUT2D eigenvalue weighted by Crippen LogP contribution is 2.51. The monoisotopic (exact) mass is 277 g/mol. The minimum atomic E-state index is -0.108. The average Bonchev–Trinajstić information content (AvgIpc) is 3.20. The molecule has 1 spiro atoms. The Hall–Kier alpha value is -1.00. The number of carbonyl (C=O) groups excluding carboxylic acids is 1. The Morgan fingerprint density at radius 1 is 1.26 bits per heavy atom. The number of benzene rings is 1. The zero-order valence-corrected chi connectivity index (χ0v) is 11.8. The topological polar surface area (TPSA) is 29.5 Å². The molecule has 3 rings (SSSR count). The van der Waals surface area contributed by atoms with Gasteiger partial charge >= 0.3 is 5.97 Å². The number of hydrogen-bond donors (Lipinski definition) is 0. The van der Waals surface area contributed by atoms with Crippen molar-refractivity contribution in [3.05, 3.63) is 35.9 Å². The van der Waals surface area contributed by atoms with Crippen molar-refractivity contribution in [1.29, 1.82) is 0 Å². The van der Waals surface area contributed by atoms with Gasteiger partial charge in [0.2, 0.25) is 0 Å². The Balaban J connectivity index is 1.39. The highest BCUT2D eigenvalue weighted by Gasteiger charge is 2.45. The third-order valence-corrected chi connectivity index (χ3v) is 5.43. The summed E-state index contributed by atoms with van der Waals surface area (Å²) in [7, 11) is 0. The number of carbonyl (C=O) groups is 1. The van der Waals surface area contributed by atoms with E-state index in [1.165, 1.54) is 18.6 Å². The largest absolute Gasteiger partial charge is 0.460 e. The van der Waals surface area contributed by atoms with Gasteiger partial charge < -0.3 is 4.74 Å². The molecule has 0 amide bonds. The second-order valence-electron chi connectivity index (χ2n) is 5.39. The summed E-state index contributed by atoms with van der Waals surface area (Å²) >= 11 is 2.08. The van der Waals surface area contributed by atoms with Crippen LogP contribution in [-0.2, 0) is 16.1 Å². The molecule has 2 saturated heterocycles. The summed E-state index contributed by atoms with van der Waals surface area (Å²) in [4.78, 5) is 14.0. The highest BCUT2D eigenvalue weighted by molar-refractivity contribution is 8.07. The Bertz CT molecular complexity index is 435. The molecule has 2 heterocycles. The van der Waals surface area contributed by atoms with Gasteiger partial charge in [-0.2, -0.15) is 11.8 Å². The van der Waals surface area contributed by atoms with Gasteiger partial charge in [-0.1, -0.05) is 30.3 Å². The summed E-state index contributed by atoms with van der Waals surface area (Å²) in [6, 6.07) is 9.83. The van der Waals surface area contributed by atoms with Crippen molar-refractivity contribution in [2.24, 2.45) is 0 Å². The fourth-order valence-corrected chi connectivity index (χ4v) is 3.44. The van der Waals surface area contributed by atoms with Gasteiger partial charge in [-0.05, 0) is 18.4 Å². The first-order valence-electron chi connectivity index (χ1n) is 6.82. The first-order chi connectivity index (χ1) is 9.26. The van der Waals surface area contributed by atoms with Crippen molar-refractivity contribution in [3.8, 4) is 0 Å². The van der Waals surface area contributed by atoms with Crippen LogP contribution in [-0.4, -0.2) is 41.0 Å². The average molecular weight is 277 g/mol. The summed E-state index contributed by atoms with van der Waals surface area (Å²) in [5.41, 5.74) is 1.04. The van der Waals surface area contributed by atoms with Gasteiger partial charge in [0.1, 0.15) is 6.61 Å². The van der Waals surface area contributed by atoms with Gasteiger partial charge in [0.15, 0.2) is 0 Å². The third-order valence-electron chi connectivity index (χ3n) is 3.92. The molecule has 4 heteroatoms. The third kappa shape index (κ3) is 3.51. The van der Waals surface area contributed by atoms with Crippen molar-refractivity contribution >= 4 is 17.7 Å². The van der Waals surface area contributed by atoms with Crippen LogP contribution in [0.2, 0.25) is 0 Å². The molecule has 0 N–H and O–H groups in total. The van der Waals surface area contributed by atoms with E-state index in [-0.39, 0.29) is 5.97 Å². The molecule has 1 aromatic rings. The van der Waals surface area contributed by atoms with Crippen molar-refractivity contribution < 1.29 is 9.53 Å². The van der Waals surface area contributed by atoms with E-state index >= 15 is 0 Å². The molecule has 0 unspecified atom stereocenters. The predicted molar refractivity (Wildman–Crippen MR) is 77.1 cm³/mol. The molecule has 2 aliphatic rings. The normalized spacial score (nSPS) is 21.3. The molecule has 0 aromatic heterocycles. The van der Waals surface area contributed by atoms with Gasteiger partial charge in [0, 0.05) is 23.6 Å². The lowest BCUT2D eigenvalue weighted by Gasteiger charge is -2.30. The number of thioether (sulfide) groups is 1. The quantitative estimate of drug-likeness (QED) is 0.624. The molecule has 2 fully saturated rings. The molecule has 0 bridgehead atoms. The number of nitrogens with zero attached hydrogens (tertiary/aromatic N) is 1. The lowest BCUT2D eigenvalue weighted by molar-refractivity contribution is -0.146. The molecule has 19 heavy (non-hydrogen) atoms. The number of likely N-dealkylation sites (tertiary alicyclic amines) is 1. The Kier molecular flexibility index (Phi) is 3.80. The van der Waals surface area contributed by atoms with Crippen LogP contribution in [0.1, 0.15) is 18.4 Å². The number of ether oxygens (including phenoxy) is 1. The molecule has 0 atom stereocenters. The fraction of sp³-hybridized carbons (Fsp3) is 0.533. The van der Waals surface area contributed by atoms with Gasteiger partial charge in [-0.3, -0.25) is 9.69 Å². The lowest BCUT2D eigenvalue weighted by Crippen LogP contribution is -2.40. The van der Waals surface area contributed by atoms with Crippen LogP contribution < -0.4 is 0 Å². The highest BCUT2D eigenvalue weighted by atomic mass is 32.2. The van der Waals surface area contributed by atoms with E-state index in [0.29, 0.717) is 17.9 Å². The van der Waals surface area contributed by atoms with E-state index in [1.54, 1.807) is 0 Å². The second kappa shape index (κ2) is 5.55. The molecule has 0 saturated carbocycles. The number of rotatable bonds is 4. The van der Waals surface area contributed by atoms with Crippen LogP contribution in [0.4, 0.5) is 0 Å². The van der Waals surface area contributed by atoms with Crippen LogP contribution in [0, 0.1) is 0 Å². The van der Waals surface area contributed by atoms with Gasteiger partial charge in [0.05, 0.1) is 6.54 Å². The van der Waals surface area contributed by atoms with Gasteiger partial charge in [0.25, 0.3) is 0 Å². The molecular weight excluding hydrogens is 258 g/mol. The maximum absolute atomic E-state index is 11.8. The predicted octanol–water partition coefficient (Wildman–Crippen LogP) is 2.31.